The van der Waals surface area contributed by atoms with Gasteiger partial charge in [-0.15, -0.1) is 0 Å². The molecule has 0 unspecified atom stereocenters. The third kappa shape index (κ3) is 3.87. The van der Waals surface area contributed by atoms with Gasteiger partial charge in [0.15, 0.2) is 0 Å². The Morgan fingerprint density at radius 2 is 2.24 bits per heavy atom. The summed E-state index contributed by atoms with van der Waals surface area (Å²) in [5.41, 5.74) is 6.25. The van der Waals surface area contributed by atoms with E-state index in [1.165, 1.54) is 24.4 Å². The summed E-state index contributed by atoms with van der Waals surface area (Å²) in [5, 5.41) is 4.12. The van der Waals surface area contributed by atoms with Crippen LogP contribution in [0.3, 0.4) is 0 Å². The Hall–Kier alpha value is -1.77. The molecule has 2 rings (SSSR count). The third-order valence-corrected chi connectivity index (χ3v) is 4.52. The van der Waals surface area contributed by atoms with Gasteiger partial charge in [-0.1, -0.05) is 11.6 Å². The van der Waals surface area contributed by atoms with Crippen molar-refractivity contribution in [2.24, 2.45) is 0 Å². The first-order valence-electron chi connectivity index (χ1n) is 6.01. The van der Waals surface area contributed by atoms with Gasteiger partial charge in [-0.05, 0) is 18.2 Å². The summed E-state index contributed by atoms with van der Waals surface area (Å²) in [7, 11) is -2.24. The predicted molar refractivity (Wildman–Crippen MR) is 80.8 cm³/mol. The summed E-state index contributed by atoms with van der Waals surface area (Å²) >= 11 is 5.91. The first kappa shape index (κ1) is 15.6. The first-order chi connectivity index (χ1) is 9.92. The minimum Gasteiger partial charge on any atom is -0.399 e. The van der Waals surface area contributed by atoms with Crippen LogP contribution in [0.4, 0.5) is 11.4 Å². The summed E-state index contributed by atoms with van der Waals surface area (Å²) in [4.78, 5) is -0.0752. The van der Waals surface area contributed by atoms with Crippen LogP contribution in [-0.2, 0) is 21.3 Å². The van der Waals surface area contributed by atoms with Crippen LogP contribution < -0.4 is 10.5 Å². The zero-order valence-electron chi connectivity index (χ0n) is 11.3. The molecule has 1 aromatic heterocycles. The highest BCUT2D eigenvalue weighted by Gasteiger charge is 2.19. The number of nitrogen functional groups attached to an aromatic ring is 1. The molecule has 21 heavy (non-hydrogen) atoms. The molecular weight excluding hydrogens is 316 g/mol. The lowest BCUT2D eigenvalue weighted by molar-refractivity contribution is 0.183. The zero-order valence-corrected chi connectivity index (χ0v) is 12.9. The number of halogens is 1. The number of hydrogen-bond donors (Lipinski definition) is 2. The lowest BCUT2D eigenvalue weighted by Crippen LogP contribution is -2.13. The number of benzene rings is 1. The van der Waals surface area contributed by atoms with Crippen LogP contribution >= 0.6 is 11.6 Å². The SMILES string of the molecule is COCCn1cc(NS(=O)(=O)c2cc(N)ccc2Cl)cn1. The van der Waals surface area contributed by atoms with E-state index < -0.39 is 10.0 Å². The summed E-state index contributed by atoms with van der Waals surface area (Å²) in [6.07, 6.45) is 2.98. The maximum Gasteiger partial charge on any atom is 0.263 e. The zero-order chi connectivity index (χ0) is 15.5. The minimum atomic E-state index is -3.82. The second kappa shape index (κ2) is 6.33. The van der Waals surface area contributed by atoms with Gasteiger partial charge in [0.05, 0.1) is 30.1 Å². The summed E-state index contributed by atoms with van der Waals surface area (Å²) < 4.78 is 33.5. The Morgan fingerprint density at radius 3 is 2.95 bits per heavy atom. The Bertz CT molecular complexity index is 730. The highest BCUT2D eigenvalue weighted by Crippen LogP contribution is 2.25. The molecule has 0 aliphatic carbocycles. The number of sulfonamides is 1. The molecular formula is C12H15ClN4O3S. The molecule has 2 aromatic rings. The fourth-order valence-corrected chi connectivity index (χ4v) is 3.22. The van der Waals surface area contributed by atoms with Gasteiger partial charge >= 0.3 is 0 Å². The molecule has 0 saturated heterocycles. The normalized spacial score (nSPS) is 11.5. The number of nitrogens with one attached hydrogen (secondary N) is 1. The van der Waals surface area contributed by atoms with Crippen molar-refractivity contribution in [3.8, 4) is 0 Å². The predicted octanol–water partition coefficient (Wildman–Crippen LogP) is 1.57. The fourth-order valence-electron chi connectivity index (χ4n) is 1.66. The van der Waals surface area contributed by atoms with Crippen LogP contribution in [-0.4, -0.2) is 31.9 Å². The number of rotatable bonds is 6. The molecule has 9 heteroatoms. The molecule has 1 heterocycles. The Labute approximate surface area is 127 Å². The van der Waals surface area contributed by atoms with E-state index in [2.05, 4.69) is 9.82 Å². The molecule has 7 nitrogen and oxygen atoms in total. The van der Waals surface area contributed by atoms with E-state index in [4.69, 9.17) is 22.1 Å². The van der Waals surface area contributed by atoms with Crippen molar-refractivity contribution in [1.82, 2.24) is 9.78 Å². The van der Waals surface area contributed by atoms with E-state index in [0.717, 1.165) is 0 Å². The lowest BCUT2D eigenvalue weighted by Gasteiger charge is -2.08. The van der Waals surface area contributed by atoms with Crippen molar-refractivity contribution in [3.63, 3.8) is 0 Å². The van der Waals surface area contributed by atoms with Gasteiger partial charge in [0, 0.05) is 19.0 Å². The number of methoxy groups -OCH3 is 1. The van der Waals surface area contributed by atoms with Gasteiger partial charge in [-0.3, -0.25) is 9.40 Å². The molecule has 114 valence electrons. The number of ether oxygens (including phenoxy) is 1. The molecule has 0 aliphatic rings. The Morgan fingerprint density at radius 1 is 1.48 bits per heavy atom. The third-order valence-electron chi connectivity index (χ3n) is 2.65. The largest absolute Gasteiger partial charge is 0.399 e. The Kier molecular flexibility index (Phi) is 4.71. The van der Waals surface area contributed by atoms with Crippen molar-refractivity contribution < 1.29 is 13.2 Å². The van der Waals surface area contributed by atoms with E-state index in [9.17, 15) is 8.42 Å². The van der Waals surface area contributed by atoms with E-state index in [1.807, 2.05) is 0 Å². The monoisotopic (exact) mass is 330 g/mol. The van der Waals surface area contributed by atoms with Gasteiger partial charge in [0.1, 0.15) is 4.90 Å². The van der Waals surface area contributed by atoms with Crippen molar-refractivity contribution in [1.29, 1.82) is 0 Å². The van der Waals surface area contributed by atoms with Crippen LogP contribution in [0.15, 0.2) is 35.5 Å². The van der Waals surface area contributed by atoms with Crippen LogP contribution in [0.2, 0.25) is 5.02 Å². The maximum atomic E-state index is 12.3. The average molecular weight is 331 g/mol. The maximum absolute atomic E-state index is 12.3. The van der Waals surface area contributed by atoms with Crippen LogP contribution in [0.5, 0.6) is 0 Å². The highest BCUT2D eigenvalue weighted by molar-refractivity contribution is 7.92. The standard InChI is InChI=1S/C12H15ClN4O3S/c1-20-5-4-17-8-10(7-15-17)16-21(18,19)12-6-9(14)2-3-11(12)13/h2-3,6-8,16H,4-5,14H2,1H3. The topological polar surface area (TPSA) is 99.2 Å². The molecule has 0 aliphatic heterocycles. The van der Waals surface area contributed by atoms with Crippen LogP contribution in [0.25, 0.3) is 0 Å². The van der Waals surface area contributed by atoms with Crippen molar-refractivity contribution in [3.05, 3.63) is 35.6 Å². The van der Waals surface area contributed by atoms with Crippen molar-refractivity contribution in [2.45, 2.75) is 11.4 Å². The Balaban J connectivity index is 2.21. The van der Waals surface area contributed by atoms with E-state index in [1.54, 1.807) is 18.0 Å². The summed E-state index contributed by atoms with van der Waals surface area (Å²) in [6, 6.07) is 4.28. The number of aromatic nitrogens is 2. The van der Waals surface area contributed by atoms with Crippen molar-refractivity contribution in [2.75, 3.05) is 24.2 Å². The molecule has 0 atom stereocenters. The number of anilines is 2. The second-order valence-corrected chi connectivity index (χ2v) is 6.34. The molecule has 1 aromatic carbocycles. The quantitative estimate of drug-likeness (QED) is 0.783. The van der Waals surface area contributed by atoms with Crippen LogP contribution in [0, 0.1) is 0 Å². The van der Waals surface area contributed by atoms with E-state index in [0.29, 0.717) is 24.5 Å². The van der Waals surface area contributed by atoms with Gasteiger partial charge in [0.2, 0.25) is 0 Å². The smallest absolute Gasteiger partial charge is 0.263 e. The van der Waals surface area contributed by atoms with Crippen LogP contribution in [0.1, 0.15) is 0 Å². The lowest BCUT2D eigenvalue weighted by atomic mass is 10.3. The first-order valence-corrected chi connectivity index (χ1v) is 7.88. The molecule has 0 spiro atoms. The second-order valence-electron chi connectivity index (χ2n) is 4.28. The van der Waals surface area contributed by atoms with Gasteiger partial charge in [-0.25, -0.2) is 8.42 Å². The van der Waals surface area contributed by atoms with E-state index in [-0.39, 0.29) is 9.92 Å². The summed E-state index contributed by atoms with van der Waals surface area (Å²) in [6.45, 7) is 1.01. The average Bonchev–Trinajstić information content (AvgIpc) is 2.86. The van der Waals surface area contributed by atoms with Crippen molar-refractivity contribution >= 4 is 33.0 Å². The van der Waals surface area contributed by atoms with E-state index >= 15 is 0 Å². The molecule has 0 amide bonds. The summed E-state index contributed by atoms with van der Waals surface area (Å²) in [5.74, 6) is 0. The highest BCUT2D eigenvalue weighted by atomic mass is 35.5. The molecule has 0 bridgehead atoms. The molecule has 0 saturated carbocycles. The number of hydrogen-bond acceptors (Lipinski definition) is 5. The number of nitrogens with two attached hydrogens (primary N) is 1. The number of nitrogens with zero attached hydrogens (tertiary/aromatic N) is 2. The molecule has 0 fully saturated rings. The van der Waals surface area contributed by atoms with Gasteiger partial charge in [0.25, 0.3) is 10.0 Å². The molecule has 0 radical (unpaired) electrons. The minimum absolute atomic E-state index is 0.0752. The van der Waals surface area contributed by atoms with Gasteiger partial charge < -0.3 is 10.5 Å². The molecule has 3 N–H and O–H groups in total. The van der Waals surface area contributed by atoms with Gasteiger partial charge in [-0.2, -0.15) is 5.10 Å². The fraction of sp³-hybridized carbons (Fsp3) is 0.250.